The summed E-state index contributed by atoms with van der Waals surface area (Å²) in [5.41, 5.74) is 0. The monoisotopic (exact) mass is 447 g/mol. The Kier molecular flexibility index (Phi) is 8.63. The molecule has 0 spiro atoms. The van der Waals surface area contributed by atoms with E-state index < -0.39 is 12.0 Å². The van der Waals surface area contributed by atoms with E-state index >= 15 is 0 Å². The van der Waals surface area contributed by atoms with Gasteiger partial charge in [0.25, 0.3) is 0 Å². The minimum Gasteiger partial charge on any atom is -0.490 e. The molecule has 0 bridgehead atoms. The van der Waals surface area contributed by atoms with Gasteiger partial charge in [-0.2, -0.15) is 0 Å². The first kappa shape index (κ1) is 23.0. The molecule has 8 nitrogen and oxygen atoms in total. The van der Waals surface area contributed by atoms with Gasteiger partial charge in [0.1, 0.15) is 25.0 Å². The van der Waals surface area contributed by atoms with Gasteiger partial charge in [0.15, 0.2) is 5.11 Å². The van der Waals surface area contributed by atoms with Gasteiger partial charge in [-0.1, -0.05) is 37.5 Å². The first-order valence-electron chi connectivity index (χ1n) is 10.8. The number of rotatable bonds is 7. The van der Waals surface area contributed by atoms with Gasteiger partial charge in [-0.25, -0.2) is 0 Å². The van der Waals surface area contributed by atoms with Crippen LogP contribution >= 0.6 is 12.2 Å². The summed E-state index contributed by atoms with van der Waals surface area (Å²) in [5.74, 6) is -0.285. The third-order valence-corrected chi connectivity index (χ3v) is 5.85. The fraction of sp³-hybridized carbons (Fsp3) is 0.545. The molecule has 2 fully saturated rings. The Morgan fingerprint density at radius 1 is 1.13 bits per heavy atom. The normalized spacial score (nSPS) is 19.3. The van der Waals surface area contributed by atoms with Crippen molar-refractivity contribution >= 4 is 35.1 Å². The van der Waals surface area contributed by atoms with Crippen molar-refractivity contribution in [3.05, 3.63) is 30.3 Å². The maximum atomic E-state index is 12.5. The molecule has 0 radical (unpaired) electrons. The van der Waals surface area contributed by atoms with Gasteiger partial charge in [-0.05, 0) is 37.2 Å². The number of ether oxygens (including phenoxy) is 2. The van der Waals surface area contributed by atoms with Crippen LogP contribution in [-0.2, 0) is 19.1 Å². The summed E-state index contributed by atoms with van der Waals surface area (Å²) in [7, 11) is 0. The van der Waals surface area contributed by atoms with Crippen LogP contribution in [0.25, 0.3) is 0 Å². The smallest absolute Gasteiger partial charge is 0.308 e. The SMILES string of the molecule is O=C(CC1C(=O)NCCN1C(=S)NC(=O)C1CCCCC1)OCCOc1ccccc1. The van der Waals surface area contributed by atoms with Crippen molar-refractivity contribution in [3.8, 4) is 5.75 Å². The fourth-order valence-electron chi connectivity index (χ4n) is 3.85. The van der Waals surface area contributed by atoms with Crippen molar-refractivity contribution in [3.63, 3.8) is 0 Å². The maximum Gasteiger partial charge on any atom is 0.308 e. The second-order valence-corrected chi connectivity index (χ2v) is 8.10. The number of hydrogen-bond donors (Lipinski definition) is 2. The van der Waals surface area contributed by atoms with Gasteiger partial charge in [-0.15, -0.1) is 0 Å². The first-order valence-corrected chi connectivity index (χ1v) is 11.2. The molecule has 1 atom stereocenters. The molecule has 0 aromatic heterocycles. The fourth-order valence-corrected chi connectivity index (χ4v) is 4.17. The molecule has 2 amide bonds. The summed E-state index contributed by atoms with van der Waals surface area (Å²) >= 11 is 5.40. The number of carbonyl (C=O) groups is 3. The van der Waals surface area contributed by atoms with Crippen molar-refractivity contribution in [2.24, 2.45) is 5.92 Å². The zero-order chi connectivity index (χ0) is 22.1. The molecule has 1 unspecified atom stereocenters. The highest BCUT2D eigenvalue weighted by Crippen LogP contribution is 2.23. The van der Waals surface area contributed by atoms with Crippen LogP contribution in [0.4, 0.5) is 0 Å². The summed E-state index contributed by atoms with van der Waals surface area (Å²) in [4.78, 5) is 38.8. The van der Waals surface area contributed by atoms with E-state index in [4.69, 9.17) is 21.7 Å². The van der Waals surface area contributed by atoms with E-state index in [0.29, 0.717) is 18.8 Å². The van der Waals surface area contributed by atoms with E-state index in [9.17, 15) is 14.4 Å². The largest absolute Gasteiger partial charge is 0.490 e. The number of para-hydroxylation sites is 1. The lowest BCUT2D eigenvalue weighted by atomic mass is 9.89. The van der Waals surface area contributed by atoms with Crippen LogP contribution in [0.2, 0.25) is 0 Å². The number of esters is 1. The van der Waals surface area contributed by atoms with Crippen molar-refractivity contribution in [1.82, 2.24) is 15.5 Å². The second kappa shape index (κ2) is 11.6. The van der Waals surface area contributed by atoms with Gasteiger partial charge in [0.05, 0.1) is 6.42 Å². The Hall–Kier alpha value is -2.68. The second-order valence-electron chi connectivity index (χ2n) is 7.72. The standard InChI is InChI=1S/C22H29N3O5S/c26-19(30-14-13-29-17-9-5-2-6-10-17)15-18-21(28)23-11-12-25(18)22(31)24-20(27)16-7-3-1-4-8-16/h2,5-6,9-10,16,18H,1,3-4,7-8,11-15H2,(H,23,28)(H,24,27,31). The molecule has 9 heteroatoms. The van der Waals surface area contributed by atoms with Crippen LogP contribution in [-0.4, -0.2) is 60.1 Å². The number of hydrogen-bond acceptors (Lipinski definition) is 6. The van der Waals surface area contributed by atoms with Gasteiger partial charge in [-0.3, -0.25) is 14.4 Å². The van der Waals surface area contributed by atoms with Gasteiger partial charge >= 0.3 is 5.97 Å². The lowest BCUT2D eigenvalue weighted by molar-refractivity contribution is -0.148. The van der Waals surface area contributed by atoms with E-state index in [1.807, 2.05) is 30.3 Å². The molecule has 168 valence electrons. The summed E-state index contributed by atoms with van der Waals surface area (Å²) in [6.45, 7) is 1.11. The Morgan fingerprint density at radius 2 is 1.87 bits per heavy atom. The molecule has 31 heavy (non-hydrogen) atoms. The minimum absolute atomic E-state index is 0.0432. The third kappa shape index (κ3) is 6.92. The van der Waals surface area contributed by atoms with Crippen LogP contribution in [0.15, 0.2) is 30.3 Å². The Bertz CT molecular complexity index is 783. The number of carbonyl (C=O) groups excluding carboxylic acids is 3. The number of amides is 2. The molecule has 1 aromatic carbocycles. The van der Waals surface area contributed by atoms with Crippen LogP contribution in [0, 0.1) is 5.92 Å². The Balaban J connectivity index is 1.47. The molecule has 2 N–H and O–H groups in total. The van der Waals surface area contributed by atoms with Crippen molar-refractivity contribution in [2.75, 3.05) is 26.3 Å². The van der Waals surface area contributed by atoms with E-state index in [0.717, 1.165) is 32.1 Å². The molecule has 2 aliphatic rings. The predicted octanol–water partition coefficient (Wildman–Crippen LogP) is 1.78. The number of nitrogens with zero attached hydrogens (tertiary/aromatic N) is 1. The summed E-state index contributed by atoms with van der Waals surface area (Å²) in [6, 6.07) is 8.41. The summed E-state index contributed by atoms with van der Waals surface area (Å²) in [6.07, 6.45) is 4.79. The maximum absolute atomic E-state index is 12.5. The van der Waals surface area contributed by atoms with E-state index in [-0.39, 0.29) is 42.5 Å². The average molecular weight is 448 g/mol. The Morgan fingerprint density at radius 3 is 2.61 bits per heavy atom. The molecular formula is C22H29N3O5S. The van der Waals surface area contributed by atoms with Crippen LogP contribution in [0.3, 0.4) is 0 Å². The van der Waals surface area contributed by atoms with Crippen LogP contribution in [0.1, 0.15) is 38.5 Å². The highest BCUT2D eigenvalue weighted by molar-refractivity contribution is 7.80. The van der Waals surface area contributed by atoms with E-state index in [1.54, 1.807) is 4.90 Å². The zero-order valence-electron chi connectivity index (χ0n) is 17.5. The van der Waals surface area contributed by atoms with Crippen molar-refractivity contribution in [1.29, 1.82) is 0 Å². The van der Waals surface area contributed by atoms with Gasteiger partial charge in [0.2, 0.25) is 11.8 Å². The quantitative estimate of drug-likeness (QED) is 0.374. The molecule has 1 heterocycles. The van der Waals surface area contributed by atoms with Gasteiger partial charge in [0, 0.05) is 19.0 Å². The number of benzene rings is 1. The summed E-state index contributed by atoms with van der Waals surface area (Å²) < 4.78 is 10.7. The van der Waals surface area contributed by atoms with Crippen molar-refractivity contribution in [2.45, 2.75) is 44.6 Å². The third-order valence-electron chi connectivity index (χ3n) is 5.52. The molecule has 3 rings (SSSR count). The molecule has 1 aliphatic heterocycles. The molecular weight excluding hydrogens is 418 g/mol. The topological polar surface area (TPSA) is 97.0 Å². The number of nitrogens with one attached hydrogen (secondary N) is 2. The molecule has 1 aromatic rings. The molecule has 1 saturated carbocycles. The predicted molar refractivity (Wildman–Crippen MR) is 118 cm³/mol. The van der Waals surface area contributed by atoms with Gasteiger partial charge < -0.3 is 25.0 Å². The highest BCUT2D eigenvalue weighted by atomic mass is 32.1. The van der Waals surface area contributed by atoms with Crippen LogP contribution < -0.4 is 15.4 Å². The van der Waals surface area contributed by atoms with E-state index in [2.05, 4.69) is 10.6 Å². The van der Waals surface area contributed by atoms with E-state index in [1.165, 1.54) is 0 Å². The lowest BCUT2D eigenvalue weighted by Gasteiger charge is -2.36. The Labute approximate surface area is 187 Å². The first-order chi connectivity index (χ1) is 15.0. The number of thiocarbonyl (C=S) groups is 1. The average Bonchev–Trinajstić information content (AvgIpc) is 2.79. The number of piperazine rings is 1. The molecule has 1 saturated heterocycles. The van der Waals surface area contributed by atoms with Crippen LogP contribution in [0.5, 0.6) is 5.75 Å². The zero-order valence-corrected chi connectivity index (χ0v) is 18.3. The minimum atomic E-state index is -0.810. The van der Waals surface area contributed by atoms with Crippen molar-refractivity contribution < 1.29 is 23.9 Å². The highest BCUT2D eigenvalue weighted by Gasteiger charge is 2.35. The lowest BCUT2D eigenvalue weighted by Crippen LogP contribution is -2.60. The molecule has 1 aliphatic carbocycles. The summed E-state index contributed by atoms with van der Waals surface area (Å²) in [5, 5.41) is 5.71.